The van der Waals surface area contributed by atoms with Gasteiger partial charge in [0, 0.05) is 24.5 Å². The van der Waals surface area contributed by atoms with E-state index in [9.17, 15) is 0 Å². The summed E-state index contributed by atoms with van der Waals surface area (Å²) in [4.78, 5) is 7.69. The minimum absolute atomic E-state index is 0.196. The van der Waals surface area contributed by atoms with Crippen molar-refractivity contribution in [2.75, 3.05) is 22.9 Å². The van der Waals surface area contributed by atoms with Gasteiger partial charge in [0.15, 0.2) is 0 Å². The smallest absolute Gasteiger partial charge is 0.120 e. The van der Waals surface area contributed by atoms with Gasteiger partial charge in [-0.05, 0) is 42.2 Å². The van der Waals surface area contributed by atoms with Gasteiger partial charge in [0.05, 0.1) is 10.2 Å². The van der Waals surface area contributed by atoms with Gasteiger partial charge in [-0.2, -0.15) is 0 Å². The Hall–Kier alpha value is -1.34. The minimum atomic E-state index is 0.196. The predicted octanol–water partition coefficient (Wildman–Crippen LogP) is 5.41. The zero-order valence-electron chi connectivity index (χ0n) is 14.6. The fraction of sp³-hybridized carbons (Fsp3) is 0.238. The van der Waals surface area contributed by atoms with Crippen LogP contribution in [0.4, 0.5) is 11.4 Å². The van der Waals surface area contributed by atoms with E-state index in [1.165, 1.54) is 27.4 Å². The third-order valence-corrected chi connectivity index (χ3v) is 9.10. The van der Waals surface area contributed by atoms with E-state index in [4.69, 9.17) is 24.4 Å². The van der Waals surface area contributed by atoms with Crippen molar-refractivity contribution in [3.8, 4) is 0 Å². The lowest BCUT2D eigenvalue weighted by molar-refractivity contribution is 1.02. The van der Waals surface area contributed by atoms with Crippen molar-refractivity contribution < 1.29 is 0 Å². The summed E-state index contributed by atoms with van der Waals surface area (Å²) in [6, 6.07) is 17.2. The van der Waals surface area contributed by atoms with Crippen LogP contribution in [0.25, 0.3) is 0 Å². The molecule has 3 heterocycles. The van der Waals surface area contributed by atoms with Crippen molar-refractivity contribution in [2.24, 2.45) is 0 Å². The van der Waals surface area contributed by atoms with Crippen LogP contribution < -0.4 is 9.80 Å². The molecule has 6 heteroatoms. The van der Waals surface area contributed by atoms with Crippen LogP contribution in [0.3, 0.4) is 0 Å². The maximum absolute atomic E-state index is 5.88. The summed E-state index contributed by atoms with van der Waals surface area (Å²) in [6.07, 6.45) is 4.40. The molecule has 0 amide bonds. The topological polar surface area (TPSA) is 6.48 Å². The van der Waals surface area contributed by atoms with Crippen molar-refractivity contribution in [2.45, 2.75) is 18.1 Å². The van der Waals surface area contributed by atoms with Gasteiger partial charge in [-0.15, -0.1) is 0 Å². The second-order valence-electron chi connectivity index (χ2n) is 6.84. The highest BCUT2D eigenvalue weighted by atomic mass is 33.1. The number of rotatable bonds is 2. The molecule has 0 saturated heterocycles. The van der Waals surface area contributed by atoms with Gasteiger partial charge in [0.1, 0.15) is 9.98 Å². The normalized spacial score (nSPS) is 20.4. The van der Waals surface area contributed by atoms with Gasteiger partial charge in [-0.3, -0.25) is 0 Å². The van der Waals surface area contributed by atoms with Crippen molar-refractivity contribution in [1.82, 2.24) is 0 Å². The number of para-hydroxylation sites is 2. The Balaban J connectivity index is 1.35. The SMILES string of the molecule is S=C(C1=CC(C(=S)N2CCc3ccccc32)SS1)N1CCc2ccccc21. The number of hydrogen-bond acceptors (Lipinski definition) is 4. The van der Waals surface area contributed by atoms with Gasteiger partial charge in [0.25, 0.3) is 0 Å². The molecular weight excluding hydrogens is 409 g/mol. The number of nitrogens with zero attached hydrogens (tertiary/aromatic N) is 2. The van der Waals surface area contributed by atoms with Crippen LogP contribution in [-0.2, 0) is 12.8 Å². The van der Waals surface area contributed by atoms with E-state index < -0.39 is 0 Å². The molecule has 0 bridgehead atoms. The van der Waals surface area contributed by atoms with Crippen LogP contribution in [0.15, 0.2) is 59.5 Å². The molecule has 0 aliphatic carbocycles. The Morgan fingerprint density at radius 3 is 2.15 bits per heavy atom. The maximum atomic E-state index is 5.88. The molecule has 2 nitrogen and oxygen atoms in total. The van der Waals surface area contributed by atoms with Crippen molar-refractivity contribution in [3.05, 3.63) is 70.6 Å². The van der Waals surface area contributed by atoms with Crippen molar-refractivity contribution in [1.29, 1.82) is 0 Å². The average molecular weight is 427 g/mol. The highest BCUT2D eigenvalue weighted by Gasteiger charge is 2.32. The van der Waals surface area contributed by atoms with Crippen molar-refractivity contribution in [3.63, 3.8) is 0 Å². The quantitative estimate of drug-likeness (QED) is 0.464. The molecule has 2 aromatic rings. The van der Waals surface area contributed by atoms with Crippen LogP contribution >= 0.6 is 46.0 Å². The Bertz CT molecular complexity index is 968. The summed E-state index contributed by atoms with van der Waals surface area (Å²) in [5.74, 6) is 0. The third-order valence-electron chi connectivity index (χ3n) is 5.28. The van der Waals surface area contributed by atoms with Gasteiger partial charge in [-0.1, -0.05) is 82.4 Å². The van der Waals surface area contributed by atoms with Crippen LogP contribution in [0, 0.1) is 0 Å². The van der Waals surface area contributed by atoms with Crippen molar-refractivity contribution >= 4 is 67.4 Å². The lowest BCUT2D eigenvalue weighted by atomic mass is 10.2. The number of anilines is 2. The molecule has 27 heavy (non-hydrogen) atoms. The Morgan fingerprint density at radius 1 is 0.852 bits per heavy atom. The first-order chi connectivity index (χ1) is 13.2. The predicted molar refractivity (Wildman–Crippen MR) is 127 cm³/mol. The molecule has 1 unspecified atom stereocenters. The lowest BCUT2D eigenvalue weighted by Gasteiger charge is -2.23. The van der Waals surface area contributed by atoms with Gasteiger partial charge >= 0.3 is 0 Å². The summed E-state index contributed by atoms with van der Waals surface area (Å²) in [5.41, 5.74) is 5.31. The Morgan fingerprint density at radius 2 is 1.44 bits per heavy atom. The summed E-state index contributed by atoms with van der Waals surface area (Å²) in [7, 11) is 3.58. The fourth-order valence-electron chi connectivity index (χ4n) is 3.92. The molecule has 0 spiro atoms. The monoisotopic (exact) mass is 426 g/mol. The zero-order chi connectivity index (χ0) is 18.4. The lowest BCUT2D eigenvalue weighted by Crippen LogP contribution is -2.33. The van der Waals surface area contributed by atoms with E-state index >= 15 is 0 Å². The first kappa shape index (κ1) is 17.7. The highest BCUT2D eigenvalue weighted by Crippen LogP contribution is 2.46. The molecule has 0 saturated carbocycles. The first-order valence-electron chi connectivity index (χ1n) is 9.06. The van der Waals surface area contributed by atoms with Crippen LogP contribution in [0.5, 0.6) is 0 Å². The summed E-state index contributed by atoms with van der Waals surface area (Å²) in [5, 5.41) is 0.196. The van der Waals surface area contributed by atoms with E-state index in [0.717, 1.165) is 35.9 Å². The molecular formula is C21H18N2S4. The molecule has 0 aromatic heterocycles. The molecule has 0 fully saturated rings. The van der Waals surface area contributed by atoms with Crippen LogP contribution in [-0.4, -0.2) is 28.3 Å². The largest absolute Gasteiger partial charge is 0.334 e. The van der Waals surface area contributed by atoms with E-state index in [-0.39, 0.29) is 5.25 Å². The maximum Gasteiger partial charge on any atom is 0.120 e. The summed E-state index contributed by atoms with van der Waals surface area (Å²) in [6.45, 7) is 1.95. The van der Waals surface area contributed by atoms with Gasteiger partial charge in [0.2, 0.25) is 0 Å². The molecule has 3 aliphatic heterocycles. The average Bonchev–Trinajstić information content (AvgIpc) is 3.44. The zero-order valence-corrected chi connectivity index (χ0v) is 17.9. The molecule has 0 radical (unpaired) electrons. The summed E-state index contributed by atoms with van der Waals surface area (Å²) < 4.78 is 0. The van der Waals surface area contributed by atoms with E-state index in [0.29, 0.717) is 0 Å². The number of thiocarbonyl (C=S) groups is 2. The second-order valence-corrected chi connectivity index (χ2v) is 10.0. The van der Waals surface area contributed by atoms with Gasteiger partial charge in [-0.25, -0.2) is 0 Å². The number of hydrogen-bond donors (Lipinski definition) is 0. The van der Waals surface area contributed by atoms with Crippen LogP contribution in [0.2, 0.25) is 0 Å². The molecule has 136 valence electrons. The molecule has 2 aromatic carbocycles. The molecule has 0 N–H and O–H groups in total. The van der Waals surface area contributed by atoms with Gasteiger partial charge < -0.3 is 9.80 Å². The number of fused-ring (bicyclic) bond motifs is 2. The molecule has 5 rings (SSSR count). The second kappa shape index (κ2) is 7.24. The fourth-order valence-corrected chi connectivity index (χ4v) is 7.58. The molecule has 1 atom stereocenters. The Labute approximate surface area is 178 Å². The third kappa shape index (κ3) is 3.12. The van der Waals surface area contributed by atoms with Crippen LogP contribution in [0.1, 0.15) is 11.1 Å². The summed E-state index contributed by atoms with van der Waals surface area (Å²) >= 11 is 11.7. The highest BCUT2D eigenvalue weighted by molar-refractivity contribution is 8.79. The first-order valence-corrected chi connectivity index (χ1v) is 12.1. The molecule has 3 aliphatic rings. The van der Waals surface area contributed by atoms with E-state index in [1.54, 1.807) is 10.8 Å². The minimum Gasteiger partial charge on any atom is -0.334 e. The number of benzene rings is 2. The Kier molecular flexibility index (Phi) is 4.76. The van der Waals surface area contributed by atoms with E-state index in [1.807, 2.05) is 10.8 Å². The van der Waals surface area contributed by atoms with E-state index in [2.05, 4.69) is 64.4 Å². The standard InChI is InChI=1S/C21H18N2S4/c24-20(22-11-9-14-5-1-3-7-16(14)22)18-13-19(27-26-18)21(25)23-12-10-15-6-2-4-8-17(15)23/h1-8,13,18H,9-12H2.